The van der Waals surface area contributed by atoms with Crippen LogP contribution in [-0.4, -0.2) is 24.9 Å². The highest BCUT2D eigenvalue weighted by Crippen LogP contribution is 2.20. The first-order valence-electron chi connectivity index (χ1n) is 4.84. The highest BCUT2D eigenvalue weighted by atomic mass is 19.1. The molecule has 1 unspecified atom stereocenters. The van der Waals surface area contributed by atoms with Gasteiger partial charge >= 0.3 is 0 Å². The molecule has 0 fully saturated rings. The predicted molar refractivity (Wildman–Crippen MR) is 56.3 cm³/mol. The van der Waals surface area contributed by atoms with E-state index in [9.17, 15) is 4.39 Å². The molecule has 1 aromatic rings. The third-order valence-corrected chi connectivity index (χ3v) is 2.20. The van der Waals surface area contributed by atoms with E-state index in [1.807, 2.05) is 6.92 Å². The van der Waals surface area contributed by atoms with Crippen molar-refractivity contribution in [2.75, 3.05) is 13.7 Å². The third-order valence-electron chi connectivity index (χ3n) is 2.20. The Kier molecular flexibility index (Phi) is 4.52. The molecule has 0 radical (unpaired) electrons. The van der Waals surface area contributed by atoms with Gasteiger partial charge in [0.05, 0.1) is 13.7 Å². The van der Waals surface area contributed by atoms with Gasteiger partial charge in [0, 0.05) is 18.2 Å². The van der Waals surface area contributed by atoms with Gasteiger partial charge in [-0.05, 0) is 19.1 Å². The standard InChI is InChI=1S/C11H16FNO2/c1-8(7-14)13-6-9-10(12)4-3-5-11(9)15-2/h3-5,8,13-14H,6-7H2,1-2H3. The summed E-state index contributed by atoms with van der Waals surface area (Å²) in [6.07, 6.45) is 0. The summed E-state index contributed by atoms with van der Waals surface area (Å²) in [7, 11) is 1.51. The number of nitrogens with one attached hydrogen (secondary N) is 1. The zero-order valence-corrected chi connectivity index (χ0v) is 8.96. The van der Waals surface area contributed by atoms with Gasteiger partial charge in [-0.3, -0.25) is 0 Å². The van der Waals surface area contributed by atoms with Crippen molar-refractivity contribution in [3.05, 3.63) is 29.6 Å². The number of ether oxygens (including phenoxy) is 1. The Morgan fingerprint density at radius 1 is 1.53 bits per heavy atom. The molecule has 15 heavy (non-hydrogen) atoms. The Morgan fingerprint density at radius 3 is 2.87 bits per heavy atom. The van der Waals surface area contributed by atoms with Crippen LogP contribution in [-0.2, 0) is 6.54 Å². The maximum Gasteiger partial charge on any atom is 0.131 e. The Morgan fingerprint density at radius 2 is 2.27 bits per heavy atom. The number of aliphatic hydroxyl groups is 1. The molecule has 4 heteroatoms. The van der Waals surface area contributed by atoms with E-state index in [1.54, 1.807) is 12.1 Å². The fraction of sp³-hybridized carbons (Fsp3) is 0.455. The maximum atomic E-state index is 13.4. The second-order valence-corrected chi connectivity index (χ2v) is 3.39. The lowest BCUT2D eigenvalue weighted by Crippen LogP contribution is -2.29. The van der Waals surface area contributed by atoms with Gasteiger partial charge in [-0.1, -0.05) is 6.07 Å². The van der Waals surface area contributed by atoms with Crippen LogP contribution in [0.5, 0.6) is 5.75 Å². The van der Waals surface area contributed by atoms with Gasteiger partial charge in [0.15, 0.2) is 0 Å². The fourth-order valence-corrected chi connectivity index (χ4v) is 1.24. The van der Waals surface area contributed by atoms with Crippen LogP contribution < -0.4 is 10.1 Å². The molecule has 0 heterocycles. The molecule has 0 saturated carbocycles. The largest absolute Gasteiger partial charge is 0.496 e. The summed E-state index contributed by atoms with van der Waals surface area (Å²) in [4.78, 5) is 0. The van der Waals surface area contributed by atoms with Crippen molar-refractivity contribution in [3.63, 3.8) is 0 Å². The molecule has 0 aliphatic rings. The van der Waals surface area contributed by atoms with Crippen molar-refractivity contribution >= 4 is 0 Å². The molecule has 2 N–H and O–H groups in total. The topological polar surface area (TPSA) is 41.5 Å². The molecule has 0 aromatic heterocycles. The number of rotatable bonds is 5. The fourth-order valence-electron chi connectivity index (χ4n) is 1.24. The minimum Gasteiger partial charge on any atom is -0.496 e. The first-order valence-corrected chi connectivity index (χ1v) is 4.84. The summed E-state index contributed by atoms with van der Waals surface area (Å²) in [5.41, 5.74) is 0.486. The van der Waals surface area contributed by atoms with Crippen molar-refractivity contribution in [2.24, 2.45) is 0 Å². The van der Waals surface area contributed by atoms with Gasteiger partial charge in [-0.15, -0.1) is 0 Å². The lowest BCUT2D eigenvalue weighted by molar-refractivity contribution is 0.250. The van der Waals surface area contributed by atoms with Gasteiger partial charge in [0.25, 0.3) is 0 Å². The number of hydrogen-bond donors (Lipinski definition) is 2. The first kappa shape index (κ1) is 11.9. The molecule has 0 spiro atoms. The second kappa shape index (κ2) is 5.68. The first-order chi connectivity index (χ1) is 7.19. The highest BCUT2D eigenvalue weighted by molar-refractivity contribution is 5.34. The van der Waals surface area contributed by atoms with Gasteiger partial charge in [0.1, 0.15) is 11.6 Å². The van der Waals surface area contributed by atoms with E-state index in [-0.39, 0.29) is 18.5 Å². The van der Waals surface area contributed by atoms with E-state index in [2.05, 4.69) is 5.32 Å². The normalized spacial score (nSPS) is 12.5. The molecule has 3 nitrogen and oxygen atoms in total. The summed E-state index contributed by atoms with van der Waals surface area (Å²) in [6, 6.07) is 4.65. The molecule has 0 saturated heterocycles. The SMILES string of the molecule is COc1cccc(F)c1CNC(C)CO. The molecule has 0 bridgehead atoms. The monoisotopic (exact) mass is 213 g/mol. The van der Waals surface area contributed by atoms with Gasteiger partial charge in [-0.2, -0.15) is 0 Å². The molecule has 84 valence electrons. The molecule has 0 aliphatic heterocycles. The van der Waals surface area contributed by atoms with Crippen LogP contribution in [0.25, 0.3) is 0 Å². The van der Waals surface area contributed by atoms with Crippen LogP contribution in [0.1, 0.15) is 12.5 Å². The number of benzene rings is 1. The smallest absolute Gasteiger partial charge is 0.131 e. The van der Waals surface area contributed by atoms with Crippen molar-refractivity contribution in [3.8, 4) is 5.75 Å². The van der Waals surface area contributed by atoms with Crippen molar-refractivity contribution < 1.29 is 14.2 Å². The molecular formula is C11H16FNO2. The minimum absolute atomic E-state index is 0.0246. The number of methoxy groups -OCH3 is 1. The summed E-state index contributed by atoms with van der Waals surface area (Å²) < 4.78 is 18.5. The molecule has 1 atom stereocenters. The summed E-state index contributed by atoms with van der Waals surface area (Å²) >= 11 is 0. The van der Waals surface area contributed by atoms with Crippen LogP contribution >= 0.6 is 0 Å². The quantitative estimate of drug-likeness (QED) is 0.774. The Hall–Kier alpha value is -1.13. The Labute approximate surface area is 88.9 Å². The lowest BCUT2D eigenvalue weighted by Gasteiger charge is -2.13. The van der Waals surface area contributed by atoms with E-state index in [0.717, 1.165) is 0 Å². The lowest BCUT2D eigenvalue weighted by atomic mass is 10.1. The number of hydrogen-bond acceptors (Lipinski definition) is 3. The molecular weight excluding hydrogens is 197 g/mol. The van der Waals surface area contributed by atoms with E-state index in [0.29, 0.717) is 17.9 Å². The van der Waals surface area contributed by atoms with E-state index in [1.165, 1.54) is 13.2 Å². The maximum absolute atomic E-state index is 13.4. The van der Waals surface area contributed by atoms with Crippen LogP contribution in [0.3, 0.4) is 0 Å². The van der Waals surface area contributed by atoms with Crippen LogP contribution in [0, 0.1) is 5.82 Å². The third kappa shape index (κ3) is 3.18. The molecule has 1 aromatic carbocycles. The summed E-state index contributed by atoms with van der Waals surface area (Å²) in [6.45, 7) is 2.20. The van der Waals surface area contributed by atoms with Gasteiger partial charge in [-0.25, -0.2) is 4.39 Å². The predicted octanol–water partition coefficient (Wildman–Crippen LogP) is 1.30. The molecule has 0 amide bonds. The van der Waals surface area contributed by atoms with Crippen LogP contribution in [0.2, 0.25) is 0 Å². The average Bonchev–Trinajstić information content (AvgIpc) is 2.26. The van der Waals surface area contributed by atoms with E-state index in [4.69, 9.17) is 9.84 Å². The van der Waals surface area contributed by atoms with E-state index >= 15 is 0 Å². The Bertz CT molecular complexity index is 317. The number of aliphatic hydroxyl groups excluding tert-OH is 1. The van der Waals surface area contributed by atoms with Crippen molar-refractivity contribution in [1.82, 2.24) is 5.32 Å². The Balaban J connectivity index is 2.74. The van der Waals surface area contributed by atoms with Crippen LogP contribution in [0.15, 0.2) is 18.2 Å². The molecule has 0 aliphatic carbocycles. The van der Waals surface area contributed by atoms with E-state index < -0.39 is 0 Å². The van der Waals surface area contributed by atoms with Gasteiger partial charge < -0.3 is 15.2 Å². The summed E-state index contributed by atoms with van der Waals surface area (Å²) in [5, 5.41) is 11.8. The van der Waals surface area contributed by atoms with Crippen molar-refractivity contribution in [1.29, 1.82) is 0 Å². The van der Waals surface area contributed by atoms with Crippen molar-refractivity contribution in [2.45, 2.75) is 19.5 Å². The zero-order valence-electron chi connectivity index (χ0n) is 8.96. The van der Waals surface area contributed by atoms with Crippen LogP contribution in [0.4, 0.5) is 4.39 Å². The summed E-state index contributed by atoms with van der Waals surface area (Å²) in [5.74, 6) is 0.222. The van der Waals surface area contributed by atoms with Gasteiger partial charge in [0.2, 0.25) is 0 Å². The zero-order chi connectivity index (χ0) is 11.3. The minimum atomic E-state index is -0.299. The average molecular weight is 213 g/mol. The number of halogens is 1. The second-order valence-electron chi connectivity index (χ2n) is 3.39. The molecule has 1 rings (SSSR count). The highest BCUT2D eigenvalue weighted by Gasteiger charge is 2.09.